The van der Waals surface area contributed by atoms with Crippen LogP contribution < -0.4 is 5.73 Å². The minimum Gasteiger partial charge on any atom is -0.327 e. The molecule has 1 aliphatic carbocycles. The van der Waals surface area contributed by atoms with Gasteiger partial charge in [0, 0.05) is 6.04 Å². The molecule has 1 saturated carbocycles. The normalized spacial score (nSPS) is 23.9. The summed E-state index contributed by atoms with van der Waals surface area (Å²) in [7, 11) is 0. The Hall–Kier alpha value is -0.300. The minimum absolute atomic E-state index is 0.459. The van der Waals surface area contributed by atoms with E-state index in [9.17, 15) is 0 Å². The average molecular weight is 209 g/mol. The van der Waals surface area contributed by atoms with Crippen LogP contribution in [0.2, 0.25) is 0 Å². The van der Waals surface area contributed by atoms with Crippen molar-refractivity contribution in [2.45, 2.75) is 77.2 Å². The molecule has 0 saturated heterocycles. The molecule has 0 aromatic carbocycles. The Morgan fingerprint density at radius 3 is 2.60 bits per heavy atom. The van der Waals surface area contributed by atoms with Crippen LogP contribution >= 0.6 is 0 Å². The van der Waals surface area contributed by atoms with E-state index in [1.54, 1.807) is 5.57 Å². The SMILES string of the molecule is CCCCCCCCC=C1CCC(N)C1. The van der Waals surface area contributed by atoms with Crippen LogP contribution in [-0.4, -0.2) is 6.04 Å². The van der Waals surface area contributed by atoms with Crippen molar-refractivity contribution in [2.24, 2.45) is 5.73 Å². The molecule has 2 N–H and O–H groups in total. The summed E-state index contributed by atoms with van der Waals surface area (Å²) in [5.74, 6) is 0. The number of hydrogen-bond acceptors (Lipinski definition) is 1. The number of allylic oxidation sites excluding steroid dienone is 1. The third kappa shape index (κ3) is 5.99. The van der Waals surface area contributed by atoms with Crippen LogP contribution in [0.1, 0.15) is 71.1 Å². The zero-order valence-corrected chi connectivity index (χ0v) is 10.3. The van der Waals surface area contributed by atoms with Crippen molar-refractivity contribution >= 4 is 0 Å². The first kappa shape index (κ1) is 12.8. The van der Waals surface area contributed by atoms with Crippen molar-refractivity contribution in [1.29, 1.82) is 0 Å². The molecule has 1 heteroatoms. The molecule has 15 heavy (non-hydrogen) atoms. The molecular formula is C14H27N. The molecule has 0 radical (unpaired) electrons. The van der Waals surface area contributed by atoms with Crippen molar-refractivity contribution in [1.82, 2.24) is 0 Å². The van der Waals surface area contributed by atoms with Gasteiger partial charge in [-0.05, 0) is 32.1 Å². The highest BCUT2D eigenvalue weighted by atomic mass is 14.6. The second-order valence-electron chi connectivity index (χ2n) is 4.92. The van der Waals surface area contributed by atoms with Gasteiger partial charge in [-0.1, -0.05) is 50.7 Å². The van der Waals surface area contributed by atoms with Crippen molar-refractivity contribution in [2.75, 3.05) is 0 Å². The van der Waals surface area contributed by atoms with Crippen LogP contribution in [0.3, 0.4) is 0 Å². The van der Waals surface area contributed by atoms with Gasteiger partial charge in [0.05, 0.1) is 0 Å². The summed E-state index contributed by atoms with van der Waals surface area (Å²) in [4.78, 5) is 0. The van der Waals surface area contributed by atoms with Crippen LogP contribution in [-0.2, 0) is 0 Å². The molecule has 1 aliphatic rings. The van der Waals surface area contributed by atoms with Gasteiger partial charge in [-0.25, -0.2) is 0 Å². The Labute approximate surface area is 95.1 Å². The summed E-state index contributed by atoms with van der Waals surface area (Å²) in [6, 6.07) is 0.459. The molecule has 1 unspecified atom stereocenters. The molecule has 0 amide bonds. The number of hydrogen-bond donors (Lipinski definition) is 1. The summed E-state index contributed by atoms with van der Waals surface area (Å²) >= 11 is 0. The minimum atomic E-state index is 0.459. The summed E-state index contributed by atoms with van der Waals surface area (Å²) in [5, 5.41) is 0. The van der Waals surface area contributed by atoms with E-state index in [4.69, 9.17) is 5.73 Å². The van der Waals surface area contributed by atoms with Gasteiger partial charge in [-0.15, -0.1) is 0 Å². The quantitative estimate of drug-likeness (QED) is 0.494. The van der Waals surface area contributed by atoms with Gasteiger partial charge in [0.15, 0.2) is 0 Å². The molecule has 0 aromatic heterocycles. The van der Waals surface area contributed by atoms with Gasteiger partial charge in [-0.2, -0.15) is 0 Å². The third-order valence-electron chi connectivity index (χ3n) is 3.35. The summed E-state index contributed by atoms with van der Waals surface area (Å²) in [6.45, 7) is 2.27. The highest BCUT2D eigenvalue weighted by molar-refractivity contribution is 5.09. The van der Waals surface area contributed by atoms with Crippen molar-refractivity contribution in [3.05, 3.63) is 11.6 Å². The lowest BCUT2D eigenvalue weighted by Gasteiger charge is -2.00. The predicted molar refractivity (Wildman–Crippen MR) is 67.9 cm³/mol. The molecular weight excluding hydrogens is 182 g/mol. The third-order valence-corrected chi connectivity index (χ3v) is 3.35. The summed E-state index contributed by atoms with van der Waals surface area (Å²) in [5.41, 5.74) is 7.49. The molecule has 0 heterocycles. The molecule has 0 aliphatic heterocycles. The number of rotatable bonds is 7. The standard InChI is InChI=1S/C14H27N/c1-2-3-4-5-6-7-8-9-13-10-11-14(15)12-13/h9,14H,2-8,10-12,15H2,1H3. The maximum Gasteiger partial charge on any atom is 0.00791 e. The molecule has 0 bridgehead atoms. The smallest absolute Gasteiger partial charge is 0.00791 e. The molecule has 1 nitrogen and oxygen atoms in total. The first-order valence-corrected chi connectivity index (χ1v) is 6.76. The van der Waals surface area contributed by atoms with Gasteiger partial charge in [-0.3, -0.25) is 0 Å². The van der Waals surface area contributed by atoms with Gasteiger partial charge in [0.2, 0.25) is 0 Å². The maximum atomic E-state index is 5.87. The first-order chi connectivity index (χ1) is 7.33. The number of unbranched alkanes of at least 4 members (excludes halogenated alkanes) is 6. The Kier molecular flexibility index (Phi) is 6.74. The topological polar surface area (TPSA) is 26.0 Å². The molecule has 0 aromatic rings. The molecule has 1 rings (SSSR count). The Bertz CT molecular complexity index is 184. The van der Waals surface area contributed by atoms with E-state index in [0.29, 0.717) is 6.04 Å². The van der Waals surface area contributed by atoms with Crippen LogP contribution in [0.15, 0.2) is 11.6 Å². The number of nitrogens with two attached hydrogens (primary N) is 1. The fourth-order valence-electron chi connectivity index (χ4n) is 2.33. The molecule has 1 fully saturated rings. The highest BCUT2D eigenvalue weighted by Gasteiger charge is 2.13. The Morgan fingerprint density at radius 1 is 1.20 bits per heavy atom. The second kappa shape index (κ2) is 7.92. The van der Waals surface area contributed by atoms with E-state index in [-0.39, 0.29) is 0 Å². The monoisotopic (exact) mass is 209 g/mol. The first-order valence-electron chi connectivity index (χ1n) is 6.76. The van der Waals surface area contributed by atoms with E-state index in [0.717, 1.165) is 6.42 Å². The van der Waals surface area contributed by atoms with Crippen LogP contribution in [0.25, 0.3) is 0 Å². The summed E-state index contributed by atoms with van der Waals surface area (Å²) < 4.78 is 0. The molecule has 88 valence electrons. The van der Waals surface area contributed by atoms with Gasteiger partial charge in [0.25, 0.3) is 0 Å². The van der Waals surface area contributed by atoms with E-state index in [1.807, 2.05) is 0 Å². The lowest BCUT2D eigenvalue weighted by atomic mass is 10.1. The lowest BCUT2D eigenvalue weighted by Crippen LogP contribution is -2.13. The van der Waals surface area contributed by atoms with E-state index in [1.165, 1.54) is 57.8 Å². The predicted octanol–water partition coefficient (Wildman–Crippen LogP) is 4.17. The molecule has 1 atom stereocenters. The lowest BCUT2D eigenvalue weighted by molar-refractivity contribution is 0.610. The maximum absolute atomic E-state index is 5.87. The molecule has 0 spiro atoms. The van der Waals surface area contributed by atoms with Crippen molar-refractivity contribution < 1.29 is 0 Å². The van der Waals surface area contributed by atoms with Crippen molar-refractivity contribution in [3.8, 4) is 0 Å². The van der Waals surface area contributed by atoms with Crippen LogP contribution in [0.5, 0.6) is 0 Å². The van der Waals surface area contributed by atoms with E-state index < -0.39 is 0 Å². The van der Waals surface area contributed by atoms with Gasteiger partial charge >= 0.3 is 0 Å². The van der Waals surface area contributed by atoms with Crippen molar-refractivity contribution in [3.63, 3.8) is 0 Å². The second-order valence-corrected chi connectivity index (χ2v) is 4.92. The van der Waals surface area contributed by atoms with E-state index in [2.05, 4.69) is 13.0 Å². The van der Waals surface area contributed by atoms with Crippen LogP contribution in [0, 0.1) is 0 Å². The highest BCUT2D eigenvalue weighted by Crippen LogP contribution is 2.23. The van der Waals surface area contributed by atoms with Gasteiger partial charge < -0.3 is 5.73 Å². The fourth-order valence-corrected chi connectivity index (χ4v) is 2.33. The van der Waals surface area contributed by atoms with Crippen LogP contribution in [0.4, 0.5) is 0 Å². The van der Waals surface area contributed by atoms with E-state index >= 15 is 0 Å². The zero-order valence-electron chi connectivity index (χ0n) is 10.3. The average Bonchev–Trinajstić information content (AvgIpc) is 2.63. The summed E-state index contributed by atoms with van der Waals surface area (Å²) in [6.07, 6.45) is 15.8. The zero-order chi connectivity index (χ0) is 10.9. The fraction of sp³-hybridized carbons (Fsp3) is 0.857. The Morgan fingerprint density at radius 2 is 1.93 bits per heavy atom. The van der Waals surface area contributed by atoms with Gasteiger partial charge in [0.1, 0.15) is 0 Å². The largest absolute Gasteiger partial charge is 0.327 e. The Balaban J connectivity index is 1.92.